The Labute approximate surface area is 138 Å². The fraction of sp³-hybridized carbons (Fsp3) is 0.389. The highest BCUT2D eigenvalue weighted by Crippen LogP contribution is 2.48. The molecule has 1 fully saturated rings. The molecule has 0 aliphatic heterocycles. The van der Waals surface area contributed by atoms with E-state index in [0.717, 1.165) is 29.2 Å². The van der Waals surface area contributed by atoms with Gasteiger partial charge in [-0.3, -0.25) is 4.79 Å². The molecule has 0 N–H and O–H groups in total. The molecule has 1 aliphatic carbocycles. The third-order valence-corrected chi connectivity index (χ3v) is 4.34. The van der Waals surface area contributed by atoms with E-state index >= 15 is 0 Å². The van der Waals surface area contributed by atoms with Crippen LogP contribution in [0.4, 0.5) is 13.2 Å². The highest BCUT2D eigenvalue weighted by atomic mass is 19.4. The standard InChI is InChI=1S/C18H18F3NO2/c1-11-3-8-14(24-11)10-22(2)17(23)16-9-15(16)12-4-6-13(7-5-12)18(19,20)21/h3-8,15-16H,9-10H2,1-2H3. The number of rotatable bonds is 4. The average Bonchev–Trinajstić information content (AvgIpc) is 3.22. The van der Waals surface area contributed by atoms with Gasteiger partial charge in [-0.05, 0) is 49.1 Å². The van der Waals surface area contributed by atoms with E-state index in [-0.39, 0.29) is 17.7 Å². The Morgan fingerprint density at radius 2 is 1.88 bits per heavy atom. The highest BCUT2D eigenvalue weighted by Gasteiger charge is 2.45. The summed E-state index contributed by atoms with van der Waals surface area (Å²) in [6.45, 7) is 2.23. The van der Waals surface area contributed by atoms with Gasteiger partial charge in [-0.2, -0.15) is 13.2 Å². The molecule has 0 bridgehead atoms. The van der Waals surface area contributed by atoms with Gasteiger partial charge in [0.15, 0.2) is 0 Å². The number of amides is 1. The third-order valence-electron chi connectivity index (χ3n) is 4.34. The summed E-state index contributed by atoms with van der Waals surface area (Å²) in [7, 11) is 1.71. The van der Waals surface area contributed by atoms with Crippen molar-refractivity contribution in [1.82, 2.24) is 4.90 Å². The number of alkyl halides is 3. The van der Waals surface area contributed by atoms with Crippen LogP contribution in [0.5, 0.6) is 0 Å². The van der Waals surface area contributed by atoms with Crippen LogP contribution in [0, 0.1) is 12.8 Å². The number of furan rings is 1. The van der Waals surface area contributed by atoms with Crippen molar-refractivity contribution in [2.24, 2.45) is 5.92 Å². The van der Waals surface area contributed by atoms with E-state index in [4.69, 9.17) is 4.42 Å². The van der Waals surface area contributed by atoms with Crippen LogP contribution in [0.3, 0.4) is 0 Å². The normalized spacial score (nSPS) is 20.0. The van der Waals surface area contributed by atoms with Crippen molar-refractivity contribution in [2.75, 3.05) is 7.05 Å². The summed E-state index contributed by atoms with van der Waals surface area (Å²) in [5.74, 6) is 1.34. The zero-order valence-corrected chi connectivity index (χ0v) is 13.4. The third kappa shape index (κ3) is 3.47. The Balaban J connectivity index is 1.61. The van der Waals surface area contributed by atoms with E-state index < -0.39 is 11.7 Å². The lowest BCUT2D eigenvalue weighted by Crippen LogP contribution is -2.27. The summed E-state index contributed by atoms with van der Waals surface area (Å²) in [4.78, 5) is 14.0. The Bertz CT molecular complexity index is 733. The Morgan fingerprint density at radius 3 is 2.42 bits per heavy atom. The number of hydrogen-bond acceptors (Lipinski definition) is 2. The van der Waals surface area contributed by atoms with Crippen molar-refractivity contribution in [2.45, 2.75) is 32.0 Å². The van der Waals surface area contributed by atoms with Crippen molar-refractivity contribution in [1.29, 1.82) is 0 Å². The molecule has 2 aromatic rings. The Kier molecular flexibility index (Phi) is 4.15. The minimum Gasteiger partial charge on any atom is -0.464 e. The first-order chi connectivity index (χ1) is 11.3. The summed E-state index contributed by atoms with van der Waals surface area (Å²) >= 11 is 0. The Morgan fingerprint density at radius 1 is 1.21 bits per heavy atom. The van der Waals surface area contributed by atoms with Crippen LogP contribution in [-0.2, 0) is 17.5 Å². The molecular weight excluding hydrogens is 319 g/mol. The highest BCUT2D eigenvalue weighted by molar-refractivity contribution is 5.82. The molecule has 1 aromatic carbocycles. The predicted octanol–water partition coefficient (Wildman–Crippen LogP) is 4.37. The Hall–Kier alpha value is -2.24. The first kappa shape index (κ1) is 16.6. The molecule has 1 heterocycles. The first-order valence-corrected chi connectivity index (χ1v) is 7.73. The number of hydrogen-bond donors (Lipinski definition) is 0. The number of carbonyl (C=O) groups is 1. The van der Waals surface area contributed by atoms with Crippen molar-refractivity contribution in [3.63, 3.8) is 0 Å². The number of halogens is 3. The average molecular weight is 337 g/mol. The van der Waals surface area contributed by atoms with Crippen molar-refractivity contribution in [3.05, 3.63) is 59.0 Å². The van der Waals surface area contributed by atoms with Crippen LogP contribution >= 0.6 is 0 Å². The van der Waals surface area contributed by atoms with E-state index in [1.807, 2.05) is 19.1 Å². The maximum absolute atomic E-state index is 12.6. The van der Waals surface area contributed by atoms with Gasteiger partial charge in [0.25, 0.3) is 0 Å². The van der Waals surface area contributed by atoms with Gasteiger partial charge in [-0.15, -0.1) is 0 Å². The van der Waals surface area contributed by atoms with Gasteiger partial charge < -0.3 is 9.32 Å². The summed E-state index contributed by atoms with van der Waals surface area (Å²) in [5.41, 5.74) is 0.115. The molecule has 1 aromatic heterocycles. The van der Waals surface area contributed by atoms with Crippen LogP contribution in [0.1, 0.15) is 35.0 Å². The van der Waals surface area contributed by atoms with E-state index in [2.05, 4.69) is 0 Å². The second-order valence-corrected chi connectivity index (χ2v) is 6.28. The first-order valence-electron chi connectivity index (χ1n) is 7.73. The summed E-state index contributed by atoms with van der Waals surface area (Å²) in [6.07, 6.45) is -3.66. The van der Waals surface area contributed by atoms with Crippen LogP contribution in [0.15, 0.2) is 40.8 Å². The van der Waals surface area contributed by atoms with Gasteiger partial charge in [-0.25, -0.2) is 0 Å². The van der Waals surface area contributed by atoms with Gasteiger partial charge >= 0.3 is 6.18 Å². The summed E-state index contributed by atoms with van der Waals surface area (Å²) in [5, 5.41) is 0. The van der Waals surface area contributed by atoms with E-state index in [1.54, 1.807) is 11.9 Å². The van der Waals surface area contributed by atoms with Gasteiger partial charge in [-0.1, -0.05) is 12.1 Å². The second kappa shape index (κ2) is 6.00. The molecular formula is C18H18F3NO2. The fourth-order valence-corrected chi connectivity index (χ4v) is 2.92. The molecule has 1 saturated carbocycles. The largest absolute Gasteiger partial charge is 0.464 e. The minimum absolute atomic E-state index is 0.000529. The summed E-state index contributed by atoms with van der Waals surface area (Å²) < 4.78 is 43.2. The zero-order valence-electron chi connectivity index (χ0n) is 13.4. The molecule has 1 aliphatic rings. The van der Waals surface area contributed by atoms with Crippen molar-refractivity contribution < 1.29 is 22.4 Å². The molecule has 0 spiro atoms. The number of carbonyl (C=O) groups excluding carboxylic acids is 1. The lowest BCUT2D eigenvalue weighted by Gasteiger charge is -2.16. The maximum atomic E-state index is 12.6. The minimum atomic E-state index is -4.33. The van der Waals surface area contributed by atoms with Gasteiger partial charge in [0.05, 0.1) is 12.1 Å². The van der Waals surface area contributed by atoms with E-state index in [1.165, 1.54) is 12.1 Å². The van der Waals surface area contributed by atoms with Gasteiger partial charge in [0.2, 0.25) is 5.91 Å². The van der Waals surface area contributed by atoms with Gasteiger partial charge in [0, 0.05) is 13.0 Å². The van der Waals surface area contributed by atoms with E-state index in [9.17, 15) is 18.0 Å². The molecule has 128 valence electrons. The van der Waals surface area contributed by atoms with Crippen molar-refractivity contribution in [3.8, 4) is 0 Å². The smallest absolute Gasteiger partial charge is 0.416 e. The molecule has 2 unspecified atom stereocenters. The lowest BCUT2D eigenvalue weighted by atomic mass is 10.1. The lowest BCUT2D eigenvalue weighted by molar-refractivity contribution is -0.137. The molecule has 3 rings (SSSR count). The SMILES string of the molecule is Cc1ccc(CN(C)C(=O)C2CC2c2ccc(C(F)(F)F)cc2)o1. The van der Waals surface area contributed by atoms with Gasteiger partial charge in [0.1, 0.15) is 11.5 Å². The summed E-state index contributed by atoms with van der Waals surface area (Å²) in [6, 6.07) is 8.76. The zero-order chi connectivity index (χ0) is 17.5. The molecule has 3 nitrogen and oxygen atoms in total. The molecule has 24 heavy (non-hydrogen) atoms. The molecule has 0 radical (unpaired) electrons. The van der Waals surface area contributed by atoms with Crippen molar-refractivity contribution >= 4 is 5.91 Å². The fourth-order valence-electron chi connectivity index (χ4n) is 2.92. The molecule has 6 heteroatoms. The number of nitrogens with zero attached hydrogens (tertiary/aromatic N) is 1. The maximum Gasteiger partial charge on any atom is 0.416 e. The van der Waals surface area contributed by atoms with Crippen LogP contribution in [0.25, 0.3) is 0 Å². The quantitative estimate of drug-likeness (QED) is 0.830. The predicted molar refractivity (Wildman–Crippen MR) is 82.2 cm³/mol. The molecule has 1 amide bonds. The topological polar surface area (TPSA) is 33.5 Å². The van der Waals surface area contributed by atoms with E-state index in [0.29, 0.717) is 13.0 Å². The monoisotopic (exact) mass is 337 g/mol. The molecule has 0 saturated heterocycles. The number of benzene rings is 1. The molecule has 2 atom stereocenters. The number of aryl methyl sites for hydroxylation is 1. The van der Waals surface area contributed by atoms with Crippen LogP contribution in [-0.4, -0.2) is 17.9 Å². The second-order valence-electron chi connectivity index (χ2n) is 6.28. The van der Waals surface area contributed by atoms with Crippen LogP contribution in [0.2, 0.25) is 0 Å². The van der Waals surface area contributed by atoms with Crippen LogP contribution < -0.4 is 0 Å².